The standard InChI is InChI=1S/C13H13N3O/c1-8-12(17-13(14)15-8)10-7-16(2)11-6-4-3-5-9(10)11/h3-7H,1-2H3,(H2,14,15). The average Bonchev–Trinajstić information content (AvgIpc) is 2.80. The van der Waals surface area contributed by atoms with Crippen molar-refractivity contribution < 1.29 is 4.42 Å². The molecule has 4 nitrogen and oxygen atoms in total. The minimum absolute atomic E-state index is 0.213. The Morgan fingerprint density at radius 1 is 1.29 bits per heavy atom. The van der Waals surface area contributed by atoms with Crippen LogP contribution in [-0.2, 0) is 7.05 Å². The highest BCUT2D eigenvalue weighted by molar-refractivity contribution is 5.95. The number of para-hydroxylation sites is 1. The summed E-state index contributed by atoms with van der Waals surface area (Å²) in [5.74, 6) is 0.749. The predicted molar refractivity (Wildman–Crippen MR) is 67.6 cm³/mol. The van der Waals surface area contributed by atoms with Crippen LogP contribution in [0, 0.1) is 6.92 Å². The van der Waals surface area contributed by atoms with Crippen molar-refractivity contribution in [3.05, 3.63) is 36.2 Å². The van der Waals surface area contributed by atoms with Gasteiger partial charge in [0.15, 0.2) is 5.76 Å². The molecule has 0 atom stereocenters. The minimum Gasteiger partial charge on any atom is -0.423 e. The summed E-state index contributed by atoms with van der Waals surface area (Å²) in [7, 11) is 2.01. The summed E-state index contributed by atoms with van der Waals surface area (Å²) >= 11 is 0. The highest BCUT2D eigenvalue weighted by Crippen LogP contribution is 2.33. The highest BCUT2D eigenvalue weighted by Gasteiger charge is 2.15. The van der Waals surface area contributed by atoms with E-state index in [0.29, 0.717) is 0 Å². The topological polar surface area (TPSA) is 57.0 Å². The molecule has 2 heterocycles. The molecule has 86 valence electrons. The predicted octanol–water partition coefficient (Wildman–Crippen LogP) is 2.72. The van der Waals surface area contributed by atoms with Crippen LogP contribution < -0.4 is 5.73 Å². The molecule has 0 saturated heterocycles. The van der Waals surface area contributed by atoms with E-state index in [4.69, 9.17) is 10.2 Å². The third-order valence-corrected chi connectivity index (χ3v) is 2.95. The lowest BCUT2D eigenvalue weighted by Gasteiger charge is -1.95. The zero-order valence-electron chi connectivity index (χ0n) is 9.77. The molecule has 3 aromatic rings. The first-order valence-electron chi connectivity index (χ1n) is 5.44. The largest absolute Gasteiger partial charge is 0.423 e. The number of rotatable bonds is 1. The summed E-state index contributed by atoms with van der Waals surface area (Å²) in [5.41, 5.74) is 8.60. The summed E-state index contributed by atoms with van der Waals surface area (Å²) in [5, 5.41) is 1.15. The van der Waals surface area contributed by atoms with Gasteiger partial charge in [-0.2, -0.15) is 4.98 Å². The van der Waals surface area contributed by atoms with Crippen molar-refractivity contribution in [1.82, 2.24) is 9.55 Å². The molecule has 0 aliphatic rings. The van der Waals surface area contributed by atoms with Crippen LogP contribution in [0.4, 0.5) is 6.01 Å². The van der Waals surface area contributed by atoms with E-state index in [0.717, 1.165) is 27.9 Å². The summed E-state index contributed by atoms with van der Waals surface area (Å²) in [4.78, 5) is 4.11. The average molecular weight is 227 g/mol. The van der Waals surface area contributed by atoms with Crippen LogP contribution in [0.25, 0.3) is 22.2 Å². The Morgan fingerprint density at radius 3 is 2.76 bits per heavy atom. The fraction of sp³-hybridized carbons (Fsp3) is 0.154. The van der Waals surface area contributed by atoms with Crippen LogP contribution in [0.5, 0.6) is 0 Å². The van der Waals surface area contributed by atoms with Crippen LogP contribution >= 0.6 is 0 Å². The summed E-state index contributed by atoms with van der Waals surface area (Å²) in [6, 6.07) is 8.40. The SMILES string of the molecule is Cc1nc(N)oc1-c1cn(C)c2ccccc12. The molecule has 1 aromatic carbocycles. The zero-order valence-corrected chi connectivity index (χ0v) is 9.77. The number of fused-ring (bicyclic) bond motifs is 1. The molecule has 0 fully saturated rings. The second-order valence-corrected chi connectivity index (χ2v) is 4.14. The van der Waals surface area contributed by atoms with Crippen molar-refractivity contribution in [2.24, 2.45) is 7.05 Å². The van der Waals surface area contributed by atoms with Crippen molar-refractivity contribution in [1.29, 1.82) is 0 Å². The van der Waals surface area contributed by atoms with Gasteiger partial charge in [-0.1, -0.05) is 18.2 Å². The maximum Gasteiger partial charge on any atom is 0.292 e. The second-order valence-electron chi connectivity index (χ2n) is 4.14. The number of nitrogens with zero attached hydrogens (tertiary/aromatic N) is 2. The molecule has 0 spiro atoms. The maximum atomic E-state index is 5.58. The van der Waals surface area contributed by atoms with E-state index in [1.807, 2.05) is 32.3 Å². The van der Waals surface area contributed by atoms with Gasteiger partial charge in [0, 0.05) is 29.7 Å². The molecule has 0 unspecified atom stereocenters. The van der Waals surface area contributed by atoms with E-state index < -0.39 is 0 Å². The molecule has 0 bridgehead atoms. The van der Waals surface area contributed by atoms with Gasteiger partial charge in [-0.05, 0) is 13.0 Å². The normalized spacial score (nSPS) is 11.2. The van der Waals surface area contributed by atoms with Crippen LogP contribution in [0.15, 0.2) is 34.9 Å². The van der Waals surface area contributed by atoms with Crippen LogP contribution in [-0.4, -0.2) is 9.55 Å². The first-order valence-corrected chi connectivity index (χ1v) is 5.44. The minimum atomic E-state index is 0.213. The molecular weight excluding hydrogens is 214 g/mol. The quantitative estimate of drug-likeness (QED) is 0.695. The fourth-order valence-corrected chi connectivity index (χ4v) is 2.19. The van der Waals surface area contributed by atoms with Gasteiger partial charge in [0.25, 0.3) is 6.01 Å². The van der Waals surface area contributed by atoms with Gasteiger partial charge in [0.05, 0.1) is 5.69 Å². The van der Waals surface area contributed by atoms with E-state index in [2.05, 4.69) is 21.7 Å². The first kappa shape index (κ1) is 9.96. The van der Waals surface area contributed by atoms with Gasteiger partial charge in [-0.15, -0.1) is 0 Å². The number of nitrogen functional groups attached to an aromatic ring is 1. The number of hydrogen-bond acceptors (Lipinski definition) is 3. The zero-order chi connectivity index (χ0) is 12.0. The van der Waals surface area contributed by atoms with Crippen molar-refractivity contribution >= 4 is 16.9 Å². The van der Waals surface area contributed by atoms with Gasteiger partial charge in [-0.3, -0.25) is 0 Å². The first-order chi connectivity index (χ1) is 8.16. The Hall–Kier alpha value is -2.23. The summed E-state index contributed by atoms with van der Waals surface area (Å²) in [6.45, 7) is 1.90. The monoisotopic (exact) mass is 227 g/mol. The van der Waals surface area contributed by atoms with E-state index in [9.17, 15) is 0 Å². The molecule has 0 saturated carbocycles. The molecule has 2 N–H and O–H groups in total. The number of aryl methyl sites for hydroxylation is 2. The van der Waals surface area contributed by atoms with Crippen molar-refractivity contribution in [3.63, 3.8) is 0 Å². The van der Waals surface area contributed by atoms with Gasteiger partial charge in [0.2, 0.25) is 0 Å². The number of benzene rings is 1. The van der Waals surface area contributed by atoms with Crippen LogP contribution in [0.1, 0.15) is 5.69 Å². The molecule has 0 amide bonds. The van der Waals surface area contributed by atoms with Crippen molar-refractivity contribution in [2.75, 3.05) is 5.73 Å². The Morgan fingerprint density at radius 2 is 2.06 bits per heavy atom. The number of hydrogen-bond donors (Lipinski definition) is 1. The second kappa shape index (κ2) is 3.38. The molecule has 4 heteroatoms. The van der Waals surface area contributed by atoms with Gasteiger partial charge in [0.1, 0.15) is 0 Å². The van der Waals surface area contributed by atoms with Crippen molar-refractivity contribution in [2.45, 2.75) is 6.92 Å². The molecule has 2 aromatic heterocycles. The fourth-order valence-electron chi connectivity index (χ4n) is 2.19. The van der Waals surface area contributed by atoms with Gasteiger partial charge >= 0.3 is 0 Å². The lowest BCUT2D eigenvalue weighted by Crippen LogP contribution is -1.81. The van der Waals surface area contributed by atoms with Gasteiger partial charge < -0.3 is 14.7 Å². The number of nitrogens with two attached hydrogens (primary N) is 1. The number of oxazole rings is 1. The van der Waals surface area contributed by atoms with E-state index in [1.165, 1.54) is 0 Å². The summed E-state index contributed by atoms with van der Waals surface area (Å²) < 4.78 is 7.55. The van der Waals surface area contributed by atoms with Crippen LogP contribution in [0.3, 0.4) is 0 Å². The number of anilines is 1. The molecule has 0 radical (unpaired) electrons. The third kappa shape index (κ3) is 1.41. The number of aromatic nitrogens is 2. The molecule has 0 aliphatic heterocycles. The Balaban J connectivity index is 2.34. The highest BCUT2D eigenvalue weighted by atomic mass is 16.4. The summed E-state index contributed by atoms with van der Waals surface area (Å²) in [6.07, 6.45) is 2.04. The molecule has 17 heavy (non-hydrogen) atoms. The lowest BCUT2D eigenvalue weighted by molar-refractivity contribution is 0.594. The van der Waals surface area contributed by atoms with Crippen molar-refractivity contribution in [3.8, 4) is 11.3 Å². The molecular formula is C13H13N3O. The van der Waals surface area contributed by atoms with E-state index >= 15 is 0 Å². The Kier molecular flexibility index (Phi) is 1.98. The Bertz CT molecular complexity index is 694. The smallest absolute Gasteiger partial charge is 0.292 e. The molecule has 3 rings (SSSR count). The van der Waals surface area contributed by atoms with Crippen LogP contribution in [0.2, 0.25) is 0 Å². The van der Waals surface area contributed by atoms with Gasteiger partial charge in [-0.25, -0.2) is 0 Å². The molecule has 0 aliphatic carbocycles. The Labute approximate surface area is 98.7 Å². The maximum absolute atomic E-state index is 5.58. The third-order valence-electron chi connectivity index (χ3n) is 2.95. The lowest BCUT2D eigenvalue weighted by atomic mass is 10.1. The van der Waals surface area contributed by atoms with E-state index in [1.54, 1.807) is 0 Å². The van der Waals surface area contributed by atoms with E-state index in [-0.39, 0.29) is 6.01 Å².